The predicted octanol–water partition coefficient (Wildman–Crippen LogP) is 4.45. The molecule has 0 aliphatic carbocycles. The normalized spacial score (nSPS) is 16.4. The topological polar surface area (TPSA) is 32.3 Å². The Hall–Kier alpha value is -3.07. The van der Waals surface area contributed by atoms with Crippen LogP contribution in [0.1, 0.15) is 27.7 Å². The van der Waals surface area contributed by atoms with Gasteiger partial charge in [0.15, 0.2) is 0 Å². The van der Waals surface area contributed by atoms with Crippen LogP contribution in [0.4, 0.5) is 5.69 Å². The molecule has 0 aromatic heterocycles. The van der Waals surface area contributed by atoms with E-state index in [0.29, 0.717) is 6.54 Å². The summed E-state index contributed by atoms with van der Waals surface area (Å²) in [6, 6.07) is 27.9. The Morgan fingerprint density at radius 1 is 0.792 bits per heavy atom. The Balaban J connectivity index is 1.76. The number of carbonyl (C=O) groups is 1. The largest absolute Gasteiger partial charge is 0.361 e. The summed E-state index contributed by atoms with van der Waals surface area (Å²) in [5.74, 6) is 0.0575. The third-order valence-electron chi connectivity index (χ3n) is 4.33. The Morgan fingerprint density at radius 2 is 1.42 bits per heavy atom. The van der Waals surface area contributed by atoms with Gasteiger partial charge in [-0.05, 0) is 23.3 Å². The molecule has 1 aliphatic rings. The number of rotatable bonds is 3. The number of benzene rings is 3. The molecule has 0 unspecified atom stereocenters. The molecule has 0 saturated carbocycles. The lowest BCUT2D eigenvalue weighted by molar-refractivity contribution is 0.0666. The number of nitrogens with zero attached hydrogens (tertiary/aromatic N) is 1. The minimum absolute atomic E-state index is 0.0575. The van der Waals surface area contributed by atoms with Crippen LogP contribution < -0.4 is 5.32 Å². The highest BCUT2D eigenvalue weighted by atomic mass is 16.2. The first kappa shape index (κ1) is 14.5. The first-order valence-electron chi connectivity index (χ1n) is 8.08. The summed E-state index contributed by atoms with van der Waals surface area (Å²) in [7, 11) is 0. The number of hydrogen-bond donors (Lipinski definition) is 1. The van der Waals surface area contributed by atoms with E-state index in [1.54, 1.807) is 0 Å². The lowest BCUT2D eigenvalue weighted by atomic mass is 10.0. The Labute approximate surface area is 141 Å². The summed E-state index contributed by atoms with van der Waals surface area (Å²) < 4.78 is 0. The monoisotopic (exact) mass is 314 g/mol. The average molecular weight is 314 g/mol. The quantitative estimate of drug-likeness (QED) is 0.774. The summed E-state index contributed by atoms with van der Waals surface area (Å²) in [6.07, 6.45) is -0.172. The third kappa shape index (κ3) is 2.65. The van der Waals surface area contributed by atoms with Crippen molar-refractivity contribution in [2.45, 2.75) is 12.7 Å². The number of fused-ring (bicyclic) bond motifs is 1. The lowest BCUT2D eigenvalue weighted by Gasteiger charge is -2.38. The molecule has 1 aliphatic heterocycles. The lowest BCUT2D eigenvalue weighted by Crippen LogP contribution is -2.42. The summed E-state index contributed by atoms with van der Waals surface area (Å²) in [5, 5.41) is 3.52. The second-order valence-electron chi connectivity index (χ2n) is 5.92. The molecule has 118 valence electrons. The van der Waals surface area contributed by atoms with E-state index in [-0.39, 0.29) is 12.1 Å². The van der Waals surface area contributed by atoms with Crippen LogP contribution in [0.15, 0.2) is 84.9 Å². The zero-order valence-corrected chi connectivity index (χ0v) is 13.2. The van der Waals surface area contributed by atoms with Crippen molar-refractivity contribution in [3.8, 4) is 0 Å². The van der Waals surface area contributed by atoms with Gasteiger partial charge < -0.3 is 10.2 Å². The molecule has 3 heteroatoms. The highest BCUT2D eigenvalue weighted by molar-refractivity contribution is 6.01. The zero-order chi connectivity index (χ0) is 16.4. The first-order chi connectivity index (χ1) is 11.8. The van der Waals surface area contributed by atoms with Gasteiger partial charge in [0, 0.05) is 12.2 Å². The van der Waals surface area contributed by atoms with E-state index in [1.165, 1.54) is 0 Å². The molecule has 4 rings (SSSR count). The summed E-state index contributed by atoms with van der Waals surface area (Å²) in [6.45, 7) is 0.570. The molecule has 3 aromatic carbocycles. The van der Waals surface area contributed by atoms with Crippen molar-refractivity contribution in [2.24, 2.45) is 0 Å². The number of anilines is 1. The van der Waals surface area contributed by atoms with Gasteiger partial charge in [0.1, 0.15) is 6.17 Å². The van der Waals surface area contributed by atoms with Gasteiger partial charge in [-0.2, -0.15) is 0 Å². The van der Waals surface area contributed by atoms with Gasteiger partial charge in [0.05, 0.1) is 5.56 Å². The standard InChI is InChI=1S/C21H18N2O/c24-21-18-13-7-8-14-19(18)22-20(17-11-5-2-6-12-17)23(21)15-16-9-3-1-4-10-16/h1-14,20,22H,15H2/t20-/m0/s1. The van der Waals surface area contributed by atoms with Gasteiger partial charge in [0.25, 0.3) is 5.91 Å². The molecule has 1 amide bonds. The third-order valence-corrected chi connectivity index (χ3v) is 4.33. The Kier molecular flexibility index (Phi) is 3.75. The molecular weight excluding hydrogens is 296 g/mol. The van der Waals surface area contributed by atoms with Crippen molar-refractivity contribution in [2.75, 3.05) is 5.32 Å². The molecular formula is C21H18N2O. The summed E-state index contributed by atoms with van der Waals surface area (Å²) in [5.41, 5.74) is 3.81. The fourth-order valence-electron chi connectivity index (χ4n) is 3.13. The van der Waals surface area contributed by atoms with E-state index in [2.05, 4.69) is 29.6 Å². The average Bonchev–Trinajstić information content (AvgIpc) is 2.65. The van der Waals surface area contributed by atoms with Crippen LogP contribution in [0.25, 0.3) is 0 Å². The van der Waals surface area contributed by atoms with E-state index in [0.717, 1.165) is 22.4 Å². The Bertz CT molecular complexity index is 846. The highest BCUT2D eigenvalue weighted by Crippen LogP contribution is 2.33. The van der Waals surface area contributed by atoms with E-state index in [4.69, 9.17) is 0 Å². The van der Waals surface area contributed by atoms with Gasteiger partial charge in [-0.25, -0.2) is 0 Å². The maximum absolute atomic E-state index is 13.1. The molecule has 0 bridgehead atoms. The number of para-hydroxylation sites is 1. The second kappa shape index (κ2) is 6.20. The van der Waals surface area contributed by atoms with Crippen LogP contribution in [0.5, 0.6) is 0 Å². The fraction of sp³-hybridized carbons (Fsp3) is 0.0952. The van der Waals surface area contributed by atoms with Crippen LogP contribution >= 0.6 is 0 Å². The SMILES string of the molecule is O=C1c2ccccc2N[C@H](c2ccccc2)N1Cc1ccccc1. The van der Waals surface area contributed by atoms with Gasteiger partial charge in [-0.1, -0.05) is 72.8 Å². The van der Waals surface area contributed by atoms with Gasteiger partial charge in [-0.3, -0.25) is 4.79 Å². The minimum Gasteiger partial charge on any atom is -0.361 e. The van der Waals surface area contributed by atoms with Crippen LogP contribution in [-0.2, 0) is 6.54 Å². The molecule has 3 nitrogen and oxygen atoms in total. The first-order valence-corrected chi connectivity index (χ1v) is 8.08. The van der Waals surface area contributed by atoms with Crippen molar-refractivity contribution in [1.29, 1.82) is 0 Å². The van der Waals surface area contributed by atoms with Crippen molar-refractivity contribution in [1.82, 2.24) is 4.90 Å². The molecule has 0 fully saturated rings. The molecule has 3 aromatic rings. The van der Waals surface area contributed by atoms with Crippen molar-refractivity contribution >= 4 is 11.6 Å². The summed E-state index contributed by atoms with van der Waals surface area (Å²) in [4.78, 5) is 15.0. The Morgan fingerprint density at radius 3 is 2.17 bits per heavy atom. The van der Waals surface area contributed by atoms with E-state index >= 15 is 0 Å². The number of amides is 1. The van der Waals surface area contributed by atoms with Crippen LogP contribution in [-0.4, -0.2) is 10.8 Å². The molecule has 1 atom stereocenters. The fourth-order valence-corrected chi connectivity index (χ4v) is 3.13. The molecule has 1 N–H and O–H groups in total. The van der Waals surface area contributed by atoms with Gasteiger partial charge in [0.2, 0.25) is 0 Å². The highest BCUT2D eigenvalue weighted by Gasteiger charge is 2.32. The smallest absolute Gasteiger partial charge is 0.258 e. The van der Waals surface area contributed by atoms with Gasteiger partial charge in [-0.15, -0.1) is 0 Å². The maximum Gasteiger partial charge on any atom is 0.258 e. The van der Waals surface area contributed by atoms with Gasteiger partial charge >= 0.3 is 0 Å². The van der Waals surface area contributed by atoms with E-state index in [1.807, 2.05) is 65.6 Å². The van der Waals surface area contributed by atoms with Crippen LogP contribution in [0.3, 0.4) is 0 Å². The van der Waals surface area contributed by atoms with Crippen LogP contribution in [0, 0.1) is 0 Å². The molecule has 0 saturated heterocycles. The molecule has 0 radical (unpaired) electrons. The second-order valence-corrected chi connectivity index (χ2v) is 5.92. The molecule has 1 heterocycles. The van der Waals surface area contributed by atoms with E-state index in [9.17, 15) is 4.79 Å². The van der Waals surface area contributed by atoms with E-state index < -0.39 is 0 Å². The number of nitrogens with one attached hydrogen (secondary N) is 1. The van der Waals surface area contributed by atoms with Crippen molar-refractivity contribution in [3.05, 3.63) is 102 Å². The number of carbonyl (C=O) groups excluding carboxylic acids is 1. The molecule has 24 heavy (non-hydrogen) atoms. The minimum atomic E-state index is -0.172. The molecule has 0 spiro atoms. The predicted molar refractivity (Wildman–Crippen MR) is 95.6 cm³/mol. The maximum atomic E-state index is 13.1. The van der Waals surface area contributed by atoms with Crippen molar-refractivity contribution < 1.29 is 4.79 Å². The van der Waals surface area contributed by atoms with Crippen molar-refractivity contribution in [3.63, 3.8) is 0 Å². The zero-order valence-electron chi connectivity index (χ0n) is 13.2. The number of hydrogen-bond acceptors (Lipinski definition) is 2. The summed E-state index contributed by atoms with van der Waals surface area (Å²) >= 11 is 0. The van der Waals surface area contributed by atoms with Crippen LogP contribution in [0.2, 0.25) is 0 Å².